The summed E-state index contributed by atoms with van der Waals surface area (Å²) in [7, 11) is 1.62. The number of carbonyl (C=O) groups is 1. The Morgan fingerprint density at radius 1 is 1.45 bits per heavy atom. The number of nitrogens with two attached hydrogens (primary N) is 1. The van der Waals surface area contributed by atoms with Crippen molar-refractivity contribution in [3.8, 4) is 5.75 Å². The molecule has 0 bridgehead atoms. The molecule has 3 unspecified atom stereocenters. The van der Waals surface area contributed by atoms with Crippen molar-refractivity contribution in [1.82, 2.24) is 5.32 Å². The van der Waals surface area contributed by atoms with Crippen LogP contribution < -0.4 is 15.8 Å². The minimum atomic E-state index is -0.468. The van der Waals surface area contributed by atoms with Crippen molar-refractivity contribution in [3.05, 3.63) is 28.2 Å². The standard InChI is InChI=1S/C15H23BrN2O2/c1-5-9(2)14(17)15(19)18-10(3)11-6-7-13(20-4)12(16)8-11/h6-10,14H,5,17H2,1-4H3,(H,18,19). The molecular weight excluding hydrogens is 320 g/mol. The van der Waals surface area contributed by atoms with Crippen LogP contribution in [0.25, 0.3) is 0 Å². The van der Waals surface area contributed by atoms with Crippen LogP contribution in [-0.2, 0) is 4.79 Å². The summed E-state index contributed by atoms with van der Waals surface area (Å²) in [4.78, 5) is 12.1. The predicted molar refractivity (Wildman–Crippen MR) is 84.7 cm³/mol. The van der Waals surface area contributed by atoms with Crippen molar-refractivity contribution >= 4 is 21.8 Å². The second kappa shape index (κ2) is 7.64. The molecule has 5 heteroatoms. The zero-order valence-electron chi connectivity index (χ0n) is 12.4. The summed E-state index contributed by atoms with van der Waals surface area (Å²) < 4.78 is 6.06. The lowest BCUT2D eigenvalue weighted by molar-refractivity contribution is -0.124. The highest BCUT2D eigenvalue weighted by atomic mass is 79.9. The summed E-state index contributed by atoms with van der Waals surface area (Å²) in [6, 6.07) is 5.18. The Labute approximate surface area is 129 Å². The van der Waals surface area contributed by atoms with Gasteiger partial charge in [0, 0.05) is 0 Å². The van der Waals surface area contributed by atoms with Crippen LogP contribution in [0.15, 0.2) is 22.7 Å². The number of rotatable bonds is 6. The van der Waals surface area contributed by atoms with Gasteiger partial charge in [-0.2, -0.15) is 0 Å². The van der Waals surface area contributed by atoms with Crippen LogP contribution in [-0.4, -0.2) is 19.1 Å². The lowest BCUT2D eigenvalue weighted by Gasteiger charge is -2.21. The summed E-state index contributed by atoms with van der Waals surface area (Å²) in [5.41, 5.74) is 6.93. The number of amides is 1. The molecular formula is C15H23BrN2O2. The maximum Gasteiger partial charge on any atom is 0.237 e. The van der Waals surface area contributed by atoms with E-state index in [0.717, 1.165) is 22.2 Å². The Morgan fingerprint density at radius 2 is 2.10 bits per heavy atom. The van der Waals surface area contributed by atoms with E-state index in [2.05, 4.69) is 21.2 Å². The number of hydrogen-bond acceptors (Lipinski definition) is 3. The highest BCUT2D eigenvalue weighted by Gasteiger charge is 2.21. The molecule has 0 radical (unpaired) electrons. The SMILES string of the molecule is CCC(C)C(N)C(=O)NC(C)c1ccc(OC)c(Br)c1. The third kappa shape index (κ3) is 4.21. The van der Waals surface area contributed by atoms with E-state index in [-0.39, 0.29) is 17.9 Å². The smallest absolute Gasteiger partial charge is 0.237 e. The van der Waals surface area contributed by atoms with Crippen LogP contribution in [0.5, 0.6) is 5.75 Å². The van der Waals surface area contributed by atoms with Gasteiger partial charge in [-0.15, -0.1) is 0 Å². The number of carbonyl (C=O) groups excluding carboxylic acids is 1. The van der Waals surface area contributed by atoms with Crippen LogP contribution in [0.4, 0.5) is 0 Å². The first-order chi connectivity index (χ1) is 9.40. The fourth-order valence-electron chi connectivity index (χ4n) is 1.86. The molecule has 0 aromatic heterocycles. The summed E-state index contributed by atoms with van der Waals surface area (Å²) in [5, 5.41) is 2.95. The molecule has 3 atom stereocenters. The van der Waals surface area contributed by atoms with Gasteiger partial charge in [-0.05, 0) is 46.5 Å². The van der Waals surface area contributed by atoms with Gasteiger partial charge in [0.15, 0.2) is 0 Å². The molecule has 20 heavy (non-hydrogen) atoms. The minimum absolute atomic E-state index is 0.0974. The van der Waals surface area contributed by atoms with Crippen LogP contribution in [0, 0.1) is 5.92 Å². The Bertz CT molecular complexity index is 465. The van der Waals surface area contributed by atoms with Crippen LogP contribution in [0.1, 0.15) is 38.8 Å². The summed E-state index contributed by atoms with van der Waals surface area (Å²) in [5.74, 6) is 0.826. The average Bonchev–Trinajstić information content (AvgIpc) is 2.45. The fraction of sp³-hybridized carbons (Fsp3) is 0.533. The van der Waals surface area contributed by atoms with Crippen molar-refractivity contribution in [2.45, 2.75) is 39.3 Å². The lowest BCUT2D eigenvalue weighted by Crippen LogP contribution is -2.45. The number of methoxy groups -OCH3 is 1. The number of ether oxygens (including phenoxy) is 1. The predicted octanol–water partition coefficient (Wildman–Crippen LogP) is 3.01. The van der Waals surface area contributed by atoms with E-state index in [0.29, 0.717) is 0 Å². The van der Waals surface area contributed by atoms with E-state index in [1.54, 1.807) is 7.11 Å². The Morgan fingerprint density at radius 3 is 2.60 bits per heavy atom. The zero-order chi connectivity index (χ0) is 15.3. The van der Waals surface area contributed by atoms with Gasteiger partial charge >= 0.3 is 0 Å². The summed E-state index contributed by atoms with van der Waals surface area (Å²) >= 11 is 3.44. The van der Waals surface area contributed by atoms with Crippen LogP contribution in [0.2, 0.25) is 0 Å². The van der Waals surface area contributed by atoms with E-state index in [1.807, 2.05) is 39.0 Å². The molecule has 0 fully saturated rings. The molecule has 0 heterocycles. The molecule has 1 aromatic rings. The maximum absolute atomic E-state index is 12.1. The fourth-order valence-corrected chi connectivity index (χ4v) is 2.42. The molecule has 112 valence electrons. The van der Waals surface area contributed by atoms with Gasteiger partial charge in [0.1, 0.15) is 5.75 Å². The molecule has 0 aliphatic rings. The molecule has 0 aliphatic heterocycles. The van der Waals surface area contributed by atoms with E-state index in [4.69, 9.17) is 10.5 Å². The van der Waals surface area contributed by atoms with E-state index >= 15 is 0 Å². The highest BCUT2D eigenvalue weighted by molar-refractivity contribution is 9.10. The first-order valence-corrected chi connectivity index (χ1v) is 7.59. The molecule has 3 N–H and O–H groups in total. The van der Waals surface area contributed by atoms with Gasteiger partial charge in [-0.25, -0.2) is 0 Å². The van der Waals surface area contributed by atoms with Crippen molar-refractivity contribution in [1.29, 1.82) is 0 Å². The quantitative estimate of drug-likeness (QED) is 0.835. The zero-order valence-corrected chi connectivity index (χ0v) is 14.0. The largest absolute Gasteiger partial charge is 0.496 e. The normalized spacial score (nSPS) is 15.3. The van der Waals surface area contributed by atoms with Crippen molar-refractivity contribution < 1.29 is 9.53 Å². The summed E-state index contributed by atoms with van der Waals surface area (Å²) in [6.07, 6.45) is 0.886. The Balaban J connectivity index is 2.73. The average molecular weight is 343 g/mol. The number of hydrogen-bond donors (Lipinski definition) is 2. The molecule has 1 amide bonds. The second-order valence-electron chi connectivity index (χ2n) is 5.04. The minimum Gasteiger partial charge on any atom is -0.496 e. The number of nitrogens with one attached hydrogen (secondary N) is 1. The van der Waals surface area contributed by atoms with Gasteiger partial charge in [-0.1, -0.05) is 26.3 Å². The van der Waals surface area contributed by atoms with Crippen LogP contribution in [0.3, 0.4) is 0 Å². The lowest BCUT2D eigenvalue weighted by atomic mass is 9.98. The van der Waals surface area contributed by atoms with E-state index in [1.165, 1.54) is 0 Å². The monoisotopic (exact) mass is 342 g/mol. The Hall–Kier alpha value is -1.07. The molecule has 0 saturated carbocycles. The molecule has 0 aliphatic carbocycles. The molecule has 0 saturated heterocycles. The highest BCUT2D eigenvalue weighted by Crippen LogP contribution is 2.28. The van der Waals surface area contributed by atoms with Gasteiger partial charge in [0.2, 0.25) is 5.91 Å². The van der Waals surface area contributed by atoms with Gasteiger partial charge in [0.25, 0.3) is 0 Å². The summed E-state index contributed by atoms with van der Waals surface area (Å²) in [6.45, 7) is 5.95. The topological polar surface area (TPSA) is 64.4 Å². The Kier molecular flexibility index (Phi) is 6.49. The van der Waals surface area contributed by atoms with Gasteiger partial charge in [0.05, 0.1) is 23.7 Å². The number of benzene rings is 1. The maximum atomic E-state index is 12.1. The number of halogens is 1. The van der Waals surface area contributed by atoms with Crippen LogP contribution >= 0.6 is 15.9 Å². The first kappa shape index (κ1) is 17.0. The third-order valence-corrected chi connectivity index (χ3v) is 4.21. The molecule has 1 rings (SSSR count). The molecule has 1 aromatic carbocycles. The first-order valence-electron chi connectivity index (χ1n) is 6.80. The van der Waals surface area contributed by atoms with E-state index < -0.39 is 6.04 Å². The van der Waals surface area contributed by atoms with Gasteiger partial charge < -0.3 is 15.8 Å². The van der Waals surface area contributed by atoms with Crippen molar-refractivity contribution in [2.75, 3.05) is 7.11 Å². The van der Waals surface area contributed by atoms with E-state index in [9.17, 15) is 4.79 Å². The van der Waals surface area contributed by atoms with Crippen molar-refractivity contribution in [3.63, 3.8) is 0 Å². The second-order valence-corrected chi connectivity index (χ2v) is 5.89. The van der Waals surface area contributed by atoms with Crippen molar-refractivity contribution in [2.24, 2.45) is 11.7 Å². The third-order valence-electron chi connectivity index (χ3n) is 3.59. The molecule has 4 nitrogen and oxygen atoms in total. The van der Waals surface area contributed by atoms with Gasteiger partial charge in [-0.3, -0.25) is 4.79 Å². The molecule has 0 spiro atoms.